The molecule has 0 unspecified atom stereocenters. The Kier molecular flexibility index (Phi) is 0.339. The predicted molar refractivity (Wildman–Crippen MR) is 21.0 cm³/mol. The van der Waals surface area contributed by atoms with Crippen molar-refractivity contribution in [2.45, 2.75) is 19.6 Å². The highest BCUT2D eigenvalue weighted by atomic mass is 16.1. The number of hydrogen-bond acceptors (Lipinski definition) is 1. The molecular weight excluding hydrogens is 64.0 g/mol. The molecule has 0 rings (SSSR count). The molecule has 0 fully saturated rings. The quantitative estimate of drug-likeness (QED) is 0.452. The normalized spacial score (nSPS) is 39.2. The minimum absolute atomic E-state index is 1.88. The fourth-order valence-corrected chi connectivity index (χ4v) is 0.0255. The summed E-state index contributed by atoms with van der Waals surface area (Å²) in [6.07, 6.45) is -8.55. The number of rotatable bonds is 2. The lowest BCUT2D eigenvalue weighted by molar-refractivity contribution is -0.107. The minimum Gasteiger partial charge on any atom is -0.303 e. The van der Waals surface area contributed by atoms with Crippen molar-refractivity contribution in [1.29, 1.82) is 0 Å². The summed E-state index contributed by atoms with van der Waals surface area (Å²) in [7, 11) is 0. The molecule has 0 radical (unpaired) electrons. The second-order valence-electron chi connectivity index (χ2n) is 0.352. The third kappa shape index (κ3) is 3.67. The summed E-state index contributed by atoms with van der Waals surface area (Å²) >= 11 is 0. The van der Waals surface area contributed by atoms with Crippen LogP contribution in [0.1, 0.15) is 30.6 Å². The minimum atomic E-state index is -3.35. The van der Waals surface area contributed by atoms with E-state index in [1.165, 1.54) is 0 Å². The third-order valence-corrected chi connectivity index (χ3v) is 0.114. The standard InChI is InChI=1S/C4H8O/c1-2-3-4-5/h4H,2-3H2,1H3/i1D3,2D2,3D2,4D. The topological polar surface area (TPSA) is 17.1 Å². The number of hydrogen-bond donors (Lipinski definition) is 0. The van der Waals surface area contributed by atoms with Crippen molar-refractivity contribution < 1.29 is 15.8 Å². The molecule has 0 amide bonds. The average molecular weight is 80.2 g/mol. The summed E-state index contributed by atoms with van der Waals surface area (Å²) in [6, 6.07) is 0. The van der Waals surface area contributed by atoms with Gasteiger partial charge < -0.3 is 4.79 Å². The first-order valence-electron chi connectivity index (χ1n) is 4.95. The van der Waals surface area contributed by atoms with Crippen molar-refractivity contribution in [1.82, 2.24) is 0 Å². The maximum Gasteiger partial charge on any atom is 0.119 e. The Morgan fingerprint density at radius 3 is 3.60 bits per heavy atom. The van der Waals surface area contributed by atoms with E-state index < -0.39 is 25.9 Å². The Balaban J connectivity index is 5.16. The van der Waals surface area contributed by atoms with E-state index in [4.69, 9.17) is 11.0 Å². The van der Waals surface area contributed by atoms with Crippen LogP contribution in [-0.2, 0) is 4.79 Å². The zero-order valence-corrected chi connectivity index (χ0v) is 2.41. The molecule has 0 aromatic heterocycles. The van der Waals surface area contributed by atoms with Crippen LogP contribution in [0.3, 0.4) is 0 Å². The smallest absolute Gasteiger partial charge is 0.119 e. The van der Waals surface area contributed by atoms with Crippen molar-refractivity contribution in [3.05, 3.63) is 0 Å². The van der Waals surface area contributed by atoms with E-state index in [2.05, 4.69) is 0 Å². The molecule has 5 heavy (non-hydrogen) atoms. The van der Waals surface area contributed by atoms with Gasteiger partial charge in [0.05, 0.1) is 0 Å². The maximum atomic E-state index is 10.4. The molecule has 1 nitrogen and oxygen atoms in total. The van der Waals surface area contributed by atoms with Crippen LogP contribution in [0.15, 0.2) is 0 Å². The highest BCUT2D eigenvalue weighted by molar-refractivity contribution is 5.48. The van der Waals surface area contributed by atoms with Crippen molar-refractivity contribution in [2.24, 2.45) is 0 Å². The van der Waals surface area contributed by atoms with E-state index in [1.54, 1.807) is 0 Å². The molecule has 0 aromatic rings. The second-order valence-corrected chi connectivity index (χ2v) is 0.352. The SMILES string of the molecule is [2H]C(=O)C([2H])([2H])C([2H])([2H])C([2H])([2H])[2H]. The zero-order chi connectivity index (χ0) is 11.1. The van der Waals surface area contributed by atoms with Crippen LogP contribution in [0.25, 0.3) is 0 Å². The largest absolute Gasteiger partial charge is 0.303 e. The van der Waals surface area contributed by atoms with Gasteiger partial charge in [0.2, 0.25) is 0 Å². The first kappa shape index (κ1) is 0.462. The van der Waals surface area contributed by atoms with Gasteiger partial charge in [0, 0.05) is 16.0 Å². The zero-order valence-electron chi connectivity index (χ0n) is 10.4. The molecule has 30 valence electrons. The third-order valence-electron chi connectivity index (χ3n) is 0.114. The summed E-state index contributed by atoms with van der Waals surface area (Å²) < 4.78 is 53.9. The van der Waals surface area contributed by atoms with Crippen molar-refractivity contribution >= 4 is 6.26 Å². The summed E-state index contributed by atoms with van der Waals surface area (Å²) in [5.41, 5.74) is 0. The van der Waals surface area contributed by atoms with Crippen LogP contribution in [0.4, 0.5) is 0 Å². The van der Waals surface area contributed by atoms with Gasteiger partial charge in [-0.1, -0.05) is 6.85 Å². The maximum absolute atomic E-state index is 10.4. The summed E-state index contributed by atoms with van der Waals surface area (Å²) in [5, 5.41) is 0. The van der Waals surface area contributed by atoms with Crippen LogP contribution in [0.2, 0.25) is 0 Å². The van der Waals surface area contributed by atoms with E-state index >= 15 is 0 Å². The molecule has 1 heteroatoms. The van der Waals surface area contributed by atoms with E-state index in [-0.39, 0.29) is 0 Å². The van der Waals surface area contributed by atoms with Gasteiger partial charge in [-0.15, -0.1) is 0 Å². The summed E-state index contributed by atoms with van der Waals surface area (Å²) in [4.78, 5) is 10.4. The highest BCUT2D eigenvalue weighted by Gasteiger charge is 1.66. The number of carbonyl (C=O) groups is 1. The van der Waals surface area contributed by atoms with E-state index in [9.17, 15) is 4.79 Å². The first-order chi connectivity index (χ1) is 5.44. The highest BCUT2D eigenvalue weighted by Crippen LogP contribution is 1.74. The predicted octanol–water partition coefficient (Wildman–Crippen LogP) is 0.985. The Morgan fingerprint density at radius 1 is 2.60 bits per heavy atom. The number of aldehydes is 1. The molecule has 0 bridgehead atoms. The van der Waals surface area contributed by atoms with Gasteiger partial charge in [0.1, 0.15) is 7.63 Å². The van der Waals surface area contributed by atoms with Crippen molar-refractivity contribution in [2.75, 3.05) is 0 Å². The van der Waals surface area contributed by atoms with Gasteiger partial charge >= 0.3 is 0 Å². The monoisotopic (exact) mass is 80.1 g/mol. The lowest BCUT2D eigenvalue weighted by Crippen LogP contribution is -1.64. The van der Waals surface area contributed by atoms with Gasteiger partial charge in [-0.05, 0) is 6.37 Å². The molecular formula is C4H8O. The Morgan fingerprint density at radius 2 is 3.40 bits per heavy atom. The summed E-state index contributed by atoms with van der Waals surface area (Å²) in [5.74, 6) is 0. The van der Waals surface area contributed by atoms with E-state index in [0.29, 0.717) is 0 Å². The molecule has 0 aliphatic rings. The fraction of sp³-hybridized carbons (Fsp3) is 0.750. The van der Waals surface area contributed by atoms with Crippen LogP contribution < -0.4 is 0 Å². The molecule has 0 aliphatic heterocycles. The van der Waals surface area contributed by atoms with Gasteiger partial charge in [0.25, 0.3) is 0 Å². The molecule has 0 aromatic carbocycles. The van der Waals surface area contributed by atoms with Gasteiger partial charge in [-0.3, -0.25) is 0 Å². The Labute approximate surface area is 43.2 Å². The van der Waals surface area contributed by atoms with Crippen molar-refractivity contribution in [3.8, 4) is 0 Å². The molecule has 0 aliphatic carbocycles. The molecule has 0 atom stereocenters. The van der Waals surface area contributed by atoms with Crippen LogP contribution >= 0.6 is 0 Å². The summed E-state index contributed by atoms with van der Waals surface area (Å²) in [6.45, 7) is -3.27. The van der Waals surface area contributed by atoms with Gasteiger partial charge in [-0.2, -0.15) is 0 Å². The van der Waals surface area contributed by atoms with Crippen LogP contribution in [-0.4, -0.2) is 6.26 Å². The molecule has 0 saturated heterocycles. The Bertz CT molecular complexity index is 215. The van der Waals surface area contributed by atoms with E-state index in [0.717, 1.165) is 0 Å². The molecule has 0 saturated carbocycles. The molecule has 0 N–H and O–H groups in total. The molecule has 0 spiro atoms. The lowest BCUT2D eigenvalue weighted by atomic mass is 10.4. The molecule has 0 heterocycles. The second kappa shape index (κ2) is 3.67. The van der Waals surface area contributed by atoms with Crippen LogP contribution in [0, 0.1) is 0 Å². The van der Waals surface area contributed by atoms with Gasteiger partial charge in [-0.25, -0.2) is 0 Å². The van der Waals surface area contributed by atoms with Gasteiger partial charge in [0.15, 0.2) is 0 Å². The fourth-order valence-electron chi connectivity index (χ4n) is 0.0255. The van der Waals surface area contributed by atoms with Crippen molar-refractivity contribution in [3.63, 3.8) is 0 Å². The first-order valence-corrected chi connectivity index (χ1v) is 0.954. The van der Waals surface area contributed by atoms with Crippen LogP contribution in [0.5, 0.6) is 0 Å². The van der Waals surface area contributed by atoms with E-state index in [1.807, 2.05) is 0 Å². The lowest BCUT2D eigenvalue weighted by Gasteiger charge is -1.68. The Hall–Kier alpha value is -0.330. The number of carbonyl (C=O) groups excluding carboxylic acids is 1. The average Bonchev–Trinajstić information content (AvgIpc) is 1.84.